The van der Waals surface area contributed by atoms with Crippen LogP contribution in [0.15, 0.2) is 11.6 Å². The van der Waals surface area contributed by atoms with Crippen molar-refractivity contribution in [3.63, 3.8) is 0 Å². The number of alkyl carbamates (subject to hydrolysis) is 1. The molecule has 0 unspecified atom stereocenters. The third-order valence-electron chi connectivity index (χ3n) is 1.73. The van der Waals surface area contributed by atoms with Gasteiger partial charge >= 0.3 is 6.09 Å². The van der Waals surface area contributed by atoms with Crippen molar-refractivity contribution in [1.82, 2.24) is 15.6 Å². The molecule has 0 aromatic carbocycles. The highest BCUT2D eigenvalue weighted by Gasteiger charge is 2.15. The Morgan fingerprint density at radius 1 is 1.42 bits per heavy atom. The first-order valence-corrected chi connectivity index (χ1v) is 7.07. The lowest BCUT2D eigenvalue weighted by atomic mass is 10.2. The van der Waals surface area contributed by atoms with Gasteiger partial charge in [0.2, 0.25) is 0 Å². The summed E-state index contributed by atoms with van der Waals surface area (Å²) in [5.74, 6) is 0. The Morgan fingerprint density at radius 2 is 2.11 bits per heavy atom. The van der Waals surface area contributed by atoms with Gasteiger partial charge in [0.15, 0.2) is 10.2 Å². The number of nitrogens with zero attached hydrogens (tertiary/aromatic N) is 1. The van der Waals surface area contributed by atoms with Crippen LogP contribution in [-0.2, 0) is 4.74 Å². The summed E-state index contributed by atoms with van der Waals surface area (Å²) in [5, 5.41) is 11.6. The molecule has 0 bridgehead atoms. The second-order valence-electron chi connectivity index (χ2n) is 4.65. The van der Waals surface area contributed by atoms with Gasteiger partial charge in [-0.3, -0.25) is 0 Å². The van der Waals surface area contributed by atoms with E-state index in [0.717, 1.165) is 5.13 Å². The van der Waals surface area contributed by atoms with Crippen molar-refractivity contribution in [3.8, 4) is 0 Å². The molecule has 1 amide bonds. The van der Waals surface area contributed by atoms with E-state index in [1.165, 1.54) is 11.3 Å². The summed E-state index contributed by atoms with van der Waals surface area (Å²) in [6, 6.07) is 0. The Bertz CT molecular complexity index is 415. The SMILES string of the molecule is CC(C)(C)OC(=O)NCCNC(=S)Nc1nccs1. The van der Waals surface area contributed by atoms with E-state index < -0.39 is 11.7 Å². The van der Waals surface area contributed by atoms with Gasteiger partial charge < -0.3 is 20.7 Å². The lowest BCUT2D eigenvalue weighted by Gasteiger charge is -2.19. The minimum absolute atomic E-state index is 0.425. The molecule has 8 heteroatoms. The van der Waals surface area contributed by atoms with Crippen LogP contribution in [0, 0.1) is 0 Å². The molecule has 6 nitrogen and oxygen atoms in total. The quantitative estimate of drug-likeness (QED) is 0.583. The van der Waals surface area contributed by atoms with Crippen LogP contribution in [-0.4, -0.2) is 34.9 Å². The van der Waals surface area contributed by atoms with Crippen molar-refractivity contribution >= 4 is 39.9 Å². The number of hydrogen-bond donors (Lipinski definition) is 3. The molecule has 0 saturated carbocycles. The molecule has 1 heterocycles. The van der Waals surface area contributed by atoms with Gasteiger partial charge in [-0.05, 0) is 33.0 Å². The van der Waals surface area contributed by atoms with Gasteiger partial charge in [0.05, 0.1) is 0 Å². The lowest BCUT2D eigenvalue weighted by Crippen LogP contribution is -2.38. The number of carbonyl (C=O) groups excluding carboxylic acids is 1. The van der Waals surface area contributed by atoms with E-state index in [-0.39, 0.29) is 0 Å². The monoisotopic (exact) mass is 302 g/mol. The fourth-order valence-electron chi connectivity index (χ4n) is 1.08. The topological polar surface area (TPSA) is 75.3 Å². The zero-order valence-corrected chi connectivity index (χ0v) is 12.8. The summed E-state index contributed by atoms with van der Waals surface area (Å²) in [5.41, 5.74) is -0.487. The summed E-state index contributed by atoms with van der Waals surface area (Å²) in [6.45, 7) is 6.39. The lowest BCUT2D eigenvalue weighted by molar-refractivity contribution is 0.0529. The van der Waals surface area contributed by atoms with E-state index in [2.05, 4.69) is 20.9 Å². The average Bonchev–Trinajstić information content (AvgIpc) is 2.74. The van der Waals surface area contributed by atoms with E-state index in [4.69, 9.17) is 17.0 Å². The van der Waals surface area contributed by atoms with Gasteiger partial charge in [-0.15, -0.1) is 11.3 Å². The second kappa shape index (κ2) is 7.25. The van der Waals surface area contributed by atoms with Gasteiger partial charge in [-0.1, -0.05) is 0 Å². The number of thiocarbonyl (C=S) groups is 1. The number of anilines is 1. The number of ether oxygens (including phenoxy) is 1. The molecule has 0 saturated heterocycles. The van der Waals surface area contributed by atoms with Crippen LogP contribution in [0.4, 0.5) is 9.93 Å². The van der Waals surface area contributed by atoms with Crippen molar-refractivity contribution in [1.29, 1.82) is 0 Å². The molecule has 19 heavy (non-hydrogen) atoms. The summed E-state index contributed by atoms with van der Waals surface area (Å²) >= 11 is 6.53. The maximum Gasteiger partial charge on any atom is 0.407 e. The van der Waals surface area contributed by atoms with E-state index >= 15 is 0 Å². The molecule has 3 N–H and O–H groups in total. The first-order chi connectivity index (χ1) is 8.87. The van der Waals surface area contributed by atoms with Crippen molar-refractivity contribution in [2.24, 2.45) is 0 Å². The molecule has 0 radical (unpaired) electrons. The highest BCUT2D eigenvalue weighted by atomic mass is 32.1. The Kier molecular flexibility index (Phi) is 5.97. The number of thiazole rings is 1. The Balaban J connectivity index is 2.10. The largest absolute Gasteiger partial charge is 0.444 e. The van der Waals surface area contributed by atoms with Crippen molar-refractivity contribution < 1.29 is 9.53 Å². The van der Waals surface area contributed by atoms with Crippen LogP contribution >= 0.6 is 23.6 Å². The number of aromatic nitrogens is 1. The van der Waals surface area contributed by atoms with Crippen molar-refractivity contribution in [2.45, 2.75) is 26.4 Å². The van der Waals surface area contributed by atoms with Crippen LogP contribution in [0.2, 0.25) is 0 Å². The number of carbonyl (C=O) groups is 1. The fraction of sp³-hybridized carbons (Fsp3) is 0.545. The molecular formula is C11H18N4O2S2. The van der Waals surface area contributed by atoms with E-state index in [1.54, 1.807) is 6.20 Å². The fourth-order valence-corrected chi connectivity index (χ4v) is 1.88. The maximum atomic E-state index is 11.3. The highest BCUT2D eigenvalue weighted by molar-refractivity contribution is 7.80. The maximum absolute atomic E-state index is 11.3. The second-order valence-corrected chi connectivity index (χ2v) is 5.95. The molecule has 0 aliphatic carbocycles. The highest BCUT2D eigenvalue weighted by Crippen LogP contribution is 2.09. The van der Waals surface area contributed by atoms with Gasteiger partial charge in [0, 0.05) is 24.7 Å². The van der Waals surface area contributed by atoms with Crippen LogP contribution in [0.1, 0.15) is 20.8 Å². The molecular weight excluding hydrogens is 284 g/mol. The third kappa shape index (κ3) is 7.58. The summed E-state index contributed by atoms with van der Waals surface area (Å²) in [6.07, 6.45) is 1.26. The molecule has 1 aromatic heterocycles. The predicted molar refractivity (Wildman–Crippen MR) is 80.6 cm³/mol. The van der Waals surface area contributed by atoms with E-state index in [1.807, 2.05) is 26.2 Å². The predicted octanol–water partition coefficient (Wildman–Crippen LogP) is 1.95. The van der Waals surface area contributed by atoms with Crippen LogP contribution in [0.5, 0.6) is 0 Å². The zero-order chi connectivity index (χ0) is 14.3. The summed E-state index contributed by atoms with van der Waals surface area (Å²) in [7, 11) is 0. The molecule has 0 atom stereocenters. The standard InChI is InChI=1S/C11H18N4O2S2/c1-11(2,3)17-10(16)14-5-4-12-8(18)15-9-13-6-7-19-9/h6-7H,4-5H2,1-3H3,(H,14,16)(H2,12,13,15,18). The summed E-state index contributed by atoms with van der Waals surface area (Å²) in [4.78, 5) is 15.4. The number of nitrogens with one attached hydrogen (secondary N) is 3. The number of rotatable bonds is 4. The smallest absolute Gasteiger partial charge is 0.407 e. The number of hydrogen-bond acceptors (Lipinski definition) is 5. The Labute approximate surface area is 121 Å². The normalized spacial score (nSPS) is 10.7. The summed E-state index contributed by atoms with van der Waals surface area (Å²) < 4.78 is 5.10. The third-order valence-corrected chi connectivity index (χ3v) is 2.67. The van der Waals surface area contributed by atoms with Crippen molar-refractivity contribution in [2.75, 3.05) is 18.4 Å². The van der Waals surface area contributed by atoms with Crippen LogP contribution in [0.25, 0.3) is 0 Å². The molecule has 1 aromatic rings. The molecule has 0 fully saturated rings. The molecule has 0 spiro atoms. The minimum atomic E-state index is -0.487. The van der Waals surface area contributed by atoms with Crippen molar-refractivity contribution in [3.05, 3.63) is 11.6 Å². The average molecular weight is 302 g/mol. The van der Waals surface area contributed by atoms with E-state index in [0.29, 0.717) is 18.2 Å². The Morgan fingerprint density at radius 3 is 2.68 bits per heavy atom. The van der Waals surface area contributed by atoms with Crippen LogP contribution < -0.4 is 16.0 Å². The van der Waals surface area contributed by atoms with Gasteiger partial charge in [0.25, 0.3) is 0 Å². The van der Waals surface area contributed by atoms with Gasteiger partial charge in [0.1, 0.15) is 5.60 Å². The molecule has 106 valence electrons. The molecule has 1 rings (SSSR count). The molecule has 0 aliphatic heterocycles. The molecule has 0 aliphatic rings. The van der Waals surface area contributed by atoms with Gasteiger partial charge in [-0.25, -0.2) is 9.78 Å². The first-order valence-electron chi connectivity index (χ1n) is 5.78. The minimum Gasteiger partial charge on any atom is -0.444 e. The van der Waals surface area contributed by atoms with Gasteiger partial charge in [-0.2, -0.15) is 0 Å². The zero-order valence-electron chi connectivity index (χ0n) is 11.1. The van der Waals surface area contributed by atoms with Crippen LogP contribution in [0.3, 0.4) is 0 Å². The van der Waals surface area contributed by atoms with E-state index in [9.17, 15) is 4.79 Å². The first kappa shape index (κ1) is 15.6. The number of amides is 1. The Hall–Kier alpha value is -1.41.